The lowest BCUT2D eigenvalue weighted by Crippen LogP contribution is -2.59. The van der Waals surface area contributed by atoms with E-state index in [0.29, 0.717) is 5.69 Å². The molecule has 4 aliphatic rings. The van der Waals surface area contributed by atoms with E-state index < -0.39 is 28.6 Å². The van der Waals surface area contributed by atoms with Crippen LogP contribution in [0.4, 0.5) is 5.69 Å². The van der Waals surface area contributed by atoms with Crippen LogP contribution in [0.5, 0.6) is 0 Å². The maximum atomic E-state index is 14.1. The molecule has 7 rings (SSSR count). The Balaban J connectivity index is 1.59. The van der Waals surface area contributed by atoms with Gasteiger partial charge < -0.3 is 4.74 Å². The highest BCUT2D eigenvalue weighted by Crippen LogP contribution is 2.66. The van der Waals surface area contributed by atoms with Crippen LogP contribution >= 0.6 is 11.6 Å². The normalized spacial score (nSPS) is 28.4. The first-order chi connectivity index (χ1) is 16.3. The number of imide groups is 1. The second-order valence-electron chi connectivity index (χ2n) is 9.62. The Morgan fingerprint density at radius 1 is 0.824 bits per heavy atom. The van der Waals surface area contributed by atoms with Gasteiger partial charge in [-0.05, 0) is 40.5 Å². The van der Waals surface area contributed by atoms with Gasteiger partial charge in [0.2, 0.25) is 11.8 Å². The third-order valence-electron chi connectivity index (χ3n) is 8.26. The van der Waals surface area contributed by atoms with E-state index in [1.54, 1.807) is 6.07 Å². The second-order valence-corrected chi connectivity index (χ2v) is 10.0. The summed E-state index contributed by atoms with van der Waals surface area (Å²) in [6.45, 7) is 4.16. The fourth-order valence-corrected chi connectivity index (χ4v) is 6.94. The summed E-state index contributed by atoms with van der Waals surface area (Å²) >= 11 is 6.20. The zero-order valence-corrected chi connectivity index (χ0v) is 19.7. The maximum Gasteiger partial charge on any atom is 0.339 e. The van der Waals surface area contributed by atoms with Crippen molar-refractivity contribution in [3.63, 3.8) is 0 Å². The van der Waals surface area contributed by atoms with Gasteiger partial charge in [-0.3, -0.25) is 9.59 Å². The van der Waals surface area contributed by atoms with Gasteiger partial charge in [0.15, 0.2) is 0 Å². The Kier molecular flexibility index (Phi) is 4.22. The largest absolute Gasteiger partial charge is 0.465 e. The van der Waals surface area contributed by atoms with Crippen LogP contribution in [0.25, 0.3) is 0 Å². The molecule has 2 amide bonds. The third kappa shape index (κ3) is 2.28. The standard InChI is InChI=1S/C28H22ClNO4/c1-27-17-8-4-6-10-19(17)28(2,20-11-7-5-9-18(20)27)23-22(27)24(31)30(25(23)32)15-12-13-21(29)16(14-15)26(33)34-3/h4-14,22-23H,1-3H3. The zero-order valence-electron chi connectivity index (χ0n) is 19.0. The fraction of sp³-hybridized carbons (Fsp3) is 0.250. The Labute approximate surface area is 202 Å². The first-order valence-corrected chi connectivity index (χ1v) is 11.6. The SMILES string of the molecule is COC(=O)c1cc(N2C(=O)C3C(C2=O)C2(C)c4ccccc4C3(C)c3ccccc32)ccc1Cl. The lowest BCUT2D eigenvalue weighted by atomic mass is 9.42. The van der Waals surface area contributed by atoms with Crippen LogP contribution in [0.3, 0.4) is 0 Å². The van der Waals surface area contributed by atoms with Crippen molar-refractivity contribution in [2.75, 3.05) is 12.0 Å². The quantitative estimate of drug-likeness (QED) is 0.395. The average Bonchev–Trinajstić information content (AvgIpc) is 3.13. The molecule has 0 spiro atoms. The van der Waals surface area contributed by atoms with Crippen LogP contribution < -0.4 is 4.90 Å². The molecule has 0 aromatic heterocycles. The summed E-state index contributed by atoms with van der Waals surface area (Å²) in [4.78, 5) is 41.7. The lowest BCUT2D eigenvalue weighted by molar-refractivity contribution is -0.124. The molecule has 3 aromatic rings. The molecule has 5 nitrogen and oxygen atoms in total. The van der Waals surface area contributed by atoms with Gasteiger partial charge in [0.25, 0.3) is 0 Å². The van der Waals surface area contributed by atoms with Crippen LogP contribution in [0.2, 0.25) is 5.02 Å². The van der Waals surface area contributed by atoms with Gasteiger partial charge in [0.1, 0.15) is 0 Å². The van der Waals surface area contributed by atoms with Gasteiger partial charge in [0.05, 0.1) is 35.2 Å². The third-order valence-corrected chi connectivity index (χ3v) is 8.59. The highest BCUT2D eigenvalue weighted by molar-refractivity contribution is 6.34. The van der Waals surface area contributed by atoms with Crippen molar-refractivity contribution in [3.05, 3.63) is 99.6 Å². The summed E-state index contributed by atoms with van der Waals surface area (Å²) in [6, 6.07) is 20.9. The molecule has 0 saturated carbocycles. The van der Waals surface area contributed by atoms with Crippen LogP contribution in [-0.2, 0) is 25.2 Å². The molecule has 2 bridgehead atoms. The minimum Gasteiger partial charge on any atom is -0.465 e. The molecule has 2 atom stereocenters. The predicted molar refractivity (Wildman–Crippen MR) is 128 cm³/mol. The van der Waals surface area contributed by atoms with E-state index in [-0.39, 0.29) is 22.4 Å². The monoisotopic (exact) mass is 471 g/mol. The number of nitrogens with zero attached hydrogens (tertiary/aromatic N) is 1. The van der Waals surface area contributed by atoms with Crippen LogP contribution in [0, 0.1) is 11.8 Å². The molecule has 1 fully saturated rings. The molecule has 1 aliphatic heterocycles. The number of halogens is 1. The molecule has 3 aromatic carbocycles. The van der Waals surface area contributed by atoms with Gasteiger partial charge in [-0.1, -0.05) is 74.0 Å². The van der Waals surface area contributed by atoms with Crippen molar-refractivity contribution in [1.29, 1.82) is 0 Å². The molecule has 2 unspecified atom stereocenters. The van der Waals surface area contributed by atoms with E-state index in [1.807, 2.05) is 24.3 Å². The summed E-state index contributed by atoms with van der Waals surface area (Å²) in [5.41, 5.74) is 3.49. The summed E-state index contributed by atoms with van der Waals surface area (Å²) in [5, 5.41) is 0.200. The van der Waals surface area contributed by atoms with Gasteiger partial charge >= 0.3 is 5.97 Å². The average molecular weight is 472 g/mol. The van der Waals surface area contributed by atoms with Crippen molar-refractivity contribution >= 4 is 35.1 Å². The molecule has 0 radical (unpaired) electrons. The minimum atomic E-state index is -0.658. The molecule has 6 heteroatoms. The Morgan fingerprint density at radius 2 is 1.26 bits per heavy atom. The molecule has 170 valence electrons. The number of hydrogen-bond acceptors (Lipinski definition) is 4. The maximum absolute atomic E-state index is 14.1. The van der Waals surface area contributed by atoms with E-state index in [4.69, 9.17) is 16.3 Å². The Hall–Kier alpha value is -3.44. The molecular weight excluding hydrogens is 450 g/mol. The molecule has 1 heterocycles. The predicted octanol–water partition coefficient (Wildman–Crippen LogP) is 4.87. The van der Waals surface area contributed by atoms with E-state index in [1.165, 1.54) is 24.1 Å². The first kappa shape index (κ1) is 21.1. The lowest BCUT2D eigenvalue weighted by Gasteiger charge is -2.57. The smallest absolute Gasteiger partial charge is 0.339 e. The summed E-state index contributed by atoms with van der Waals surface area (Å²) in [5.74, 6) is -2.27. The molecular formula is C28H22ClNO4. The Bertz CT molecular complexity index is 1310. The van der Waals surface area contributed by atoms with Crippen LogP contribution in [0.1, 0.15) is 46.5 Å². The van der Waals surface area contributed by atoms with Gasteiger partial charge in [-0.2, -0.15) is 0 Å². The number of hydrogen-bond donors (Lipinski definition) is 0. The second kappa shape index (κ2) is 6.80. The minimum absolute atomic E-state index is 0.115. The van der Waals surface area contributed by atoms with Gasteiger partial charge in [-0.15, -0.1) is 0 Å². The van der Waals surface area contributed by atoms with Crippen molar-refractivity contribution in [1.82, 2.24) is 0 Å². The summed E-state index contributed by atoms with van der Waals surface area (Å²) < 4.78 is 4.83. The topological polar surface area (TPSA) is 63.7 Å². The van der Waals surface area contributed by atoms with Crippen molar-refractivity contribution in [2.45, 2.75) is 24.7 Å². The number of rotatable bonds is 2. The number of methoxy groups -OCH3 is 1. The summed E-state index contributed by atoms with van der Waals surface area (Å²) in [7, 11) is 1.26. The van der Waals surface area contributed by atoms with Gasteiger partial charge in [-0.25, -0.2) is 9.69 Å². The van der Waals surface area contributed by atoms with E-state index in [2.05, 4.69) is 38.1 Å². The van der Waals surface area contributed by atoms with Crippen molar-refractivity contribution < 1.29 is 19.1 Å². The zero-order chi connectivity index (χ0) is 24.0. The van der Waals surface area contributed by atoms with Crippen LogP contribution in [0.15, 0.2) is 66.7 Å². The van der Waals surface area contributed by atoms with E-state index >= 15 is 0 Å². The molecule has 3 aliphatic carbocycles. The molecule has 0 N–H and O–H groups in total. The highest BCUT2D eigenvalue weighted by atomic mass is 35.5. The Morgan fingerprint density at radius 3 is 1.68 bits per heavy atom. The number of carbonyl (C=O) groups is 3. The number of ether oxygens (including phenoxy) is 1. The van der Waals surface area contributed by atoms with Crippen LogP contribution in [-0.4, -0.2) is 24.9 Å². The van der Waals surface area contributed by atoms with Crippen molar-refractivity contribution in [2.24, 2.45) is 11.8 Å². The molecule has 1 saturated heterocycles. The first-order valence-electron chi connectivity index (χ1n) is 11.2. The summed E-state index contributed by atoms with van der Waals surface area (Å²) in [6.07, 6.45) is 0. The van der Waals surface area contributed by atoms with Crippen molar-refractivity contribution in [3.8, 4) is 0 Å². The highest BCUT2D eigenvalue weighted by Gasteiger charge is 2.70. The van der Waals surface area contributed by atoms with E-state index in [9.17, 15) is 14.4 Å². The van der Waals surface area contributed by atoms with E-state index in [0.717, 1.165) is 22.3 Å². The number of amides is 2. The number of carbonyl (C=O) groups excluding carboxylic acids is 3. The fourth-order valence-electron chi connectivity index (χ4n) is 6.74. The molecule has 34 heavy (non-hydrogen) atoms. The number of anilines is 1. The number of benzene rings is 3. The van der Waals surface area contributed by atoms with Gasteiger partial charge in [0, 0.05) is 10.8 Å². The number of esters is 1.